The van der Waals surface area contributed by atoms with E-state index < -0.39 is 20.0 Å². The summed E-state index contributed by atoms with van der Waals surface area (Å²) >= 11 is 0. The molecule has 296 valence electrons. The summed E-state index contributed by atoms with van der Waals surface area (Å²) in [4.78, 5) is 29.5. The Bertz CT molecular complexity index is 2790. The number of hydrogen-bond donors (Lipinski definition) is 2. The first kappa shape index (κ1) is 37.8. The number of carbonyl (C=O) groups excluding carboxylic acids is 1. The summed E-state index contributed by atoms with van der Waals surface area (Å²) in [5.74, 6) is 1.07. The maximum Gasteiger partial charge on any atom is 0.336 e. The van der Waals surface area contributed by atoms with E-state index in [4.69, 9.17) is 0 Å². The van der Waals surface area contributed by atoms with Crippen LogP contribution in [0.1, 0.15) is 49.7 Å². The highest BCUT2D eigenvalue weighted by atomic mass is 32.2. The van der Waals surface area contributed by atoms with Gasteiger partial charge in [-0.1, -0.05) is 35.4 Å². The average Bonchev–Trinajstić information content (AvgIpc) is 3.98. The lowest BCUT2D eigenvalue weighted by molar-refractivity contribution is 0.188. The summed E-state index contributed by atoms with van der Waals surface area (Å²) in [5.41, 5.74) is 9.62. The number of anilines is 2. The number of hydrogen-bond acceptors (Lipinski definition) is 12. The molecule has 0 radical (unpaired) electrons. The number of urea groups is 1. The van der Waals surface area contributed by atoms with Crippen LogP contribution < -0.4 is 15.8 Å². The number of aryl methyl sites for hydroxylation is 2. The molecule has 2 aliphatic heterocycles. The van der Waals surface area contributed by atoms with Gasteiger partial charge in [0.2, 0.25) is 5.95 Å². The molecular formula is C38H42N12O5S2. The molecule has 2 aromatic carbocycles. The summed E-state index contributed by atoms with van der Waals surface area (Å²) in [6, 6.07) is 16.6. The van der Waals surface area contributed by atoms with Gasteiger partial charge in [0.15, 0.2) is 22.8 Å². The van der Waals surface area contributed by atoms with Crippen LogP contribution in [0.4, 0.5) is 16.6 Å². The van der Waals surface area contributed by atoms with E-state index in [0.29, 0.717) is 28.1 Å². The molecule has 17 nitrogen and oxygen atoms in total. The van der Waals surface area contributed by atoms with Gasteiger partial charge in [-0.15, -0.1) is 10.2 Å². The SMILES string of the molecule is Cc1ccc(S(=O)(=O)n2ccc3c2ncc2nnc(N4CCCCC4)n23)cc1.Cc1ccc(S(=O)(=O)n2ccc3nc(NNC(=O)N4CCCCC4)cnc32)cc1. The lowest BCUT2D eigenvalue weighted by Crippen LogP contribution is -2.45. The van der Waals surface area contributed by atoms with E-state index in [-0.39, 0.29) is 21.5 Å². The van der Waals surface area contributed by atoms with Crippen LogP contribution in [0, 0.1) is 13.8 Å². The van der Waals surface area contributed by atoms with Crippen molar-refractivity contribution in [3.05, 3.63) is 96.6 Å². The largest absolute Gasteiger partial charge is 0.341 e. The monoisotopic (exact) mass is 810 g/mol. The third-order valence-electron chi connectivity index (χ3n) is 10.1. The molecule has 5 aromatic heterocycles. The number of nitrogens with one attached hydrogen (secondary N) is 2. The number of aromatic nitrogens is 8. The molecule has 0 unspecified atom stereocenters. The summed E-state index contributed by atoms with van der Waals surface area (Å²) in [7, 11) is -7.52. The normalized spacial score (nSPS) is 15.1. The second kappa shape index (κ2) is 15.5. The second-order valence-electron chi connectivity index (χ2n) is 14.1. The number of amides is 2. The Balaban J connectivity index is 0.000000160. The molecule has 57 heavy (non-hydrogen) atoms. The maximum atomic E-state index is 13.2. The molecule has 2 N–H and O–H groups in total. The minimum Gasteiger partial charge on any atom is -0.341 e. The van der Waals surface area contributed by atoms with E-state index in [2.05, 4.69) is 40.9 Å². The van der Waals surface area contributed by atoms with Crippen LogP contribution in [-0.4, -0.2) is 91.4 Å². The number of nitrogens with zero attached hydrogens (tertiary/aromatic N) is 10. The molecule has 0 aliphatic carbocycles. The van der Waals surface area contributed by atoms with Gasteiger partial charge in [0.05, 0.1) is 27.7 Å². The summed E-state index contributed by atoms with van der Waals surface area (Å²) in [6.07, 6.45) is 12.5. The maximum absolute atomic E-state index is 13.2. The predicted molar refractivity (Wildman–Crippen MR) is 215 cm³/mol. The zero-order chi connectivity index (χ0) is 39.7. The van der Waals surface area contributed by atoms with Crippen molar-refractivity contribution in [1.82, 2.24) is 47.8 Å². The minimum absolute atomic E-state index is 0.179. The van der Waals surface area contributed by atoms with Crippen LogP contribution in [0.5, 0.6) is 0 Å². The number of hydrazine groups is 1. The van der Waals surface area contributed by atoms with Crippen molar-refractivity contribution in [1.29, 1.82) is 0 Å². The van der Waals surface area contributed by atoms with Gasteiger partial charge in [-0.25, -0.2) is 44.5 Å². The van der Waals surface area contributed by atoms with Crippen molar-refractivity contribution in [2.75, 3.05) is 36.5 Å². The standard InChI is InChI=1S/C19H22N6O3S.C19H20N6O2S/c1-14-5-7-15(8-6-14)29(27,28)25-12-9-16-18(25)20-13-17(21-16)22-23-19(26)24-10-3-2-4-11-24;1-14-5-7-15(8-6-14)28(26,27)24-12-9-16-18(24)20-13-17-21-22-19(25(16)17)23-10-3-2-4-11-23/h5-9,12-13H,2-4,10-11H2,1H3,(H,21,22)(H,23,26);5-9,12-13H,2-4,10-11H2,1H3. The van der Waals surface area contributed by atoms with Gasteiger partial charge in [-0.2, -0.15) is 0 Å². The predicted octanol–water partition coefficient (Wildman–Crippen LogP) is 5.11. The fraction of sp³-hybridized carbons (Fsp3) is 0.316. The Kier molecular flexibility index (Phi) is 10.3. The van der Waals surface area contributed by atoms with Crippen LogP contribution in [0.3, 0.4) is 0 Å². The first-order chi connectivity index (χ1) is 27.5. The Morgan fingerprint density at radius 1 is 0.649 bits per heavy atom. The quantitative estimate of drug-likeness (QED) is 0.202. The molecule has 2 amide bonds. The van der Waals surface area contributed by atoms with Gasteiger partial charge in [0.25, 0.3) is 20.0 Å². The summed E-state index contributed by atoms with van der Waals surface area (Å²) < 4.78 is 56.4. The lowest BCUT2D eigenvalue weighted by Gasteiger charge is -2.26. The fourth-order valence-electron chi connectivity index (χ4n) is 6.99. The molecular weight excluding hydrogens is 769 g/mol. The van der Waals surface area contributed by atoms with Crippen LogP contribution >= 0.6 is 0 Å². The van der Waals surface area contributed by atoms with Gasteiger partial charge in [0.1, 0.15) is 5.52 Å². The number of piperidine rings is 2. The van der Waals surface area contributed by atoms with Crippen LogP contribution in [0.2, 0.25) is 0 Å². The van der Waals surface area contributed by atoms with Crippen molar-refractivity contribution in [2.24, 2.45) is 0 Å². The van der Waals surface area contributed by atoms with Gasteiger partial charge >= 0.3 is 6.03 Å². The van der Waals surface area contributed by atoms with Crippen molar-refractivity contribution < 1.29 is 21.6 Å². The van der Waals surface area contributed by atoms with E-state index in [1.807, 2.05) is 18.2 Å². The fourth-order valence-corrected chi connectivity index (χ4v) is 9.58. The molecule has 7 heterocycles. The van der Waals surface area contributed by atoms with Crippen molar-refractivity contribution in [3.63, 3.8) is 0 Å². The zero-order valence-corrected chi connectivity index (χ0v) is 33.1. The Hall–Kier alpha value is -6.08. The summed E-state index contributed by atoms with van der Waals surface area (Å²) in [5, 5.41) is 8.58. The van der Waals surface area contributed by atoms with Crippen LogP contribution in [0.25, 0.3) is 28.0 Å². The number of fused-ring (bicyclic) bond motifs is 4. The van der Waals surface area contributed by atoms with Crippen LogP contribution in [-0.2, 0) is 20.0 Å². The van der Waals surface area contributed by atoms with Gasteiger partial charge in [-0.05, 0) is 88.8 Å². The molecule has 2 fully saturated rings. The van der Waals surface area contributed by atoms with Gasteiger partial charge in [0, 0.05) is 38.6 Å². The first-order valence-electron chi connectivity index (χ1n) is 18.8. The highest BCUT2D eigenvalue weighted by molar-refractivity contribution is 7.90. The molecule has 7 aromatic rings. The Morgan fingerprint density at radius 2 is 1.21 bits per heavy atom. The number of benzene rings is 2. The van der Waals surface area contributed by atoms with Crippen LogP contribution in [0.15, 0.2) is 95.2 Å². The molecule has 0 saturated carbocycles. The highest BCUT2D eigenvalue weighted by Gasteiger charge is 2.25. The van der Waals surface area contributed by atoms with E-state index in [1.165, 1.54) is 22.8 Å². The molecule has 2 aliphatic rings. The van der Waals surface area contributed by atoms with Crippen molar-refractivity contribution in [3.8, 4) is 0 Å². The molecule has 0 atom stereocenters. The van der Waals surface area contributed by atoms with E-state index in [1.54, 1.807) is 78.0 Å². The minimum atomic E-state index is -3.77. The number of likely N-dealkylation sites (tertiary alicyclic amines) is 1. The molecule has 2 saturated heterocycles. The number of carbonyl (C=O) groups is 1. The zero-order valence-electron chi connectivity index (χ0n) is 31.5. The molecule has 9 rings (SSSR count). The number of rotatable bonds is 7. The first-order valence-corrected chi connectivity index (χ1v) is 21.6. The molecule has 0 spiro atoms. The second-order valence-corrected chi connectivity index (χ2v) is 17.8. The van der Waals surface area contributed by atoms with E-state index >= 15 is 0 Å². The highest BCUT2D eigenvalue weighted by Crippen LogP contribution is 2.27. The Labute approximate surface area is 329 Å². The summed E-state index contributed by atoms with van der Waals surface area (Å²) in [6.45, 7) is 7.13. The van der Waals surface area contributed by atoms with Crippen molar-refractivity contribution in [2.45, 2.75) is 62.2 Å². The molecule has 19 heteroatoms. The average molecular weight is 811 g/mol. The smallest absolute Gasteiger partial charge is 0.336 e. The van der Waals surface area contributed by atoms with Crippen molar-refractivity contribution >= 4 is 65.8 Å². The van der Waals surface area contributed by atoms with Gasteiger partial charge in [-0.3, -0.25) is 15.3 Å². The lowest BCUT2D eigenvalue weighted by atomic mass is 10.1. The van der Waals surface area contributed by atoms with E-state index in [0.717, 1.165) is 79.3 Å². The van der Waals surface area contributed by atoms with E-state index in [9.17, 15) is 21.6 Å². The Morgan fingerprint density at radius 3 is 1.84 bits per heavy atom. The van der Waals surface area contributed by atoms with Gasteiger partial charge < -0.3 is 9.80 Å². The third-order valence-corrected chi connectivity index (χ3v) is 13.5. The molecule has 0 bridgehead atoms. The third kappa shape index (κ3) is 7.46. The topological polar surface area (TPSA) is 195 Å².